The number of ether oxygens (including phenoxy) is 2. The van der Waals surface area contributed by atoms with Gasteiger partial charge in [-0.1, -0.05) is 6.07 Å². The minimum absolute atomic E-state index is 0.0470. The van der Waals surface area contributed by atoms with Crippen molar-refractivity contribution in [3.63, 3.8) is 0 Å². The maximum Gasteiger partial charge on any atom is 0.265 e. The summed E-state index contributed by atoms with van der Waals surface area (Å²) in [6, 6.07) is 7.10. The first-order valence-corrected chi connectivity index (χ1v) is 7.24. The van der Waals surface area contributed by atoms with Crippen LogP contribution in [0.3, 0.4) is 0 Å². The van der Waals surface area contributed by atoms with Crippen LogP contribution in [0.4, 0.5) is 5.69 Å². The molecule has 2 aromatic rings. The van der Waals surface area contributed by atoms with Gasteiger partial charge in [0, 0.05) is 24.4 Å². The van der Waals surface area contributed by atoms with E-state index in [1.807, 2.05) is 11.4 Å². The van der Waals surface area contributed by atoms with Gasteiger partial charge in [-0.25, -0.2) is 4.98 Å². The molecule has 0 bridgehead atoms. The number of anilines is 1. The highest BCUT2D eigenvalue weighted by molar-refractivity contribution is 7.12. The number of hydrogen-bond donors (Lipinski definition) is 1. The van der Waals surface area contributed by atoms with Crippen LogP contribution < -0.4 is 10.1 Å². The molecule has 1 fully saturated rings. The molecule has 0 spiro atoms. The molecular weight excluding hydrogens is 276 g/mol. The summed E-state index contributed by atoms with van der Waals surface area (Å²) in [7, 11) is 0. The largest absolute Gasteiger partial charge is 0.472 e. The molecule has 1 atom stereocenters. The Morgan fingerprint density at radius 3 is 3.20 bits per heavy atom. The number of rotatable bonds is 4. The Morgan fingerprint density at radius 2 is 2.45 bits per heavy atom. The fourth-order valence-corrected chi connectivity index (χ4v) is 2.55. The molecule has 0 unspecified atom stereocenters. The van der Waals surface area contributed by atoms with Crippen molar-refractivity contribution in [1.82, 2.24) is 4.98 Å². The summed E-state index contributed by atoms with van der Waals surface area (Å²) < 4.78 is 11.0. The number of nitrogens with zero attached hydrogens (tertiary/aromatic N) is 1. The predicted molar refractivity (Wildman–Crippen MR) is 76.4 cm³/mol. The van der Waals surface area contributed by atoms with Gasteiger partial charge >= 0.3 is 0 Å². The van der Waals surface area contributed by atoms with E-state index in [0.717, 1.165) is 13.0 Å². The van der Waals surface area contributed by atoms with E-state index in [9.17, 15) is 4.79 Å². The Hall–Kier alpha value is -1.92. The van der Waals surface area contributed by atoms with E-state index in [-0.39, 0.29) is 12.0 Å². The molecule has 104 valence electrons. The Bertz CT molecular complexity index is 580. The second kappa shape index (κ2) is 6.02. The van der Waals surface area contributed by atoms with Gasteiger partial charge in [0.25, 0.3) is 5.91 Å². The minimum Gasteiger partial charge on any atom is -0.472 e. The number of carbonyl (C=O) groups is 1. The van der Waals surface area contributed by atoms with Crippen molar-refractivity contribution in [2.75, 3.05) is 18.5 Å². The van der Waals surface area contributed by atoms with E-state index >= 15 is 0 Å². The maximum absolute atomic E-state index is 11.9. The second-order valence-electron chi connectivity index (χ2n) is 4.42. The van der Waals surface area contributed by atoms with Crippen molar-refractivity contribution in [2.24, 2.45) is 0 Å². The monoisotopic (exact) mass is 290 g/mol. The van der Waals surface area contributed by atoms with Crippen molar-refractivity contribution < 1.29 is 14.3 Å². The third-order valence-corrected chi connectivity index (χ3v) is 3.78. The lowest BCUT2D eigenvalue weighted by Gasteiger charge is -2.11. The molecule has 0 saturated carbocycles. The summed E-state index contributed by atoms with van der Waals surface area (Å²) >= 11 is 1.41. The third-order valence-electron chi connectivity index (χ3n) is 2.91. The smallest absolute Gasteiger partial charge is 0.265 e. The quantitative estimate of drug-likeness (QED) is 0.940. The highest BCUT2D eigenvalue weighted by Crippen LogP contribution is 2.19. The van der Waals surface area contributed by atoms with E-state index in [0.29, 0.717) is 23.1 Å². The molecule has 3 rings (SSSR count). The fourth-order valence-electron chi connectivity index (χ4n) is 1.93. The predicted octanol–water partition coefficient (Wildman–Crippen LogP) is 2.56. The van der Waals surface area contributed by atoms with E-state index in [1.165, 1.54) is 11.3 Å². The summed E-state index contributed by atoms with van der Waals surface area (Å²) in [4.78, 5) is 16.8. The molecule has 6 heteroatoms. The molecule has 5 nitrogen and oxygen atoms in total. The topological polar surface area (TPSA) is 60.5 Å². The lowest BCUT2D eigenvalue weighted by atomic mass is 10.3. The van der Waals surface area contributed by atoms with Crippen LogP contribution in [0.1, 0.15) is 16.1 Å². The van der Waals surface area contributed by atoms with Gasteiger partial charge < -0.3 is 14.8 Å². The summed E-state index contributed by atoms with van der Waals surface area (Å²) in [6.07, 6.45) is 2.54. The first kappa shape index (κ1) is 13.1. The van der Waals surface area contributed by atoms with Crippen LogP contribution in [0, 0.1) is 0 Å². The Morgan fingerprint density at radius 1 is 1.50 bits per heavy atom. The zero-order valence-corrected chi connectivity index (χ0v) is 11.6. The molecule has 1 aliphatic rings. The number of amides is 1. The average Bonchev–Trinajstić information content (AvgIpc) is 3.12. The molecule has 20 heavy (non-hydrogen) atoms. The maximum atomic E-state index is 11.9. The molecule has 0 aliphatic carbocycles. The van der Waals surface area contributed by atoms with Gasteiger partial charge in [-0.15, -0.1) is 11.3 Å². The number of hydrogen-bond acceptors (Lipinski definition) is 5. The van der Waals surface area contributed by atoms with Crippen molar-refractivity contribution in [1.29, 1.82) is 0 Å². The van der Waals surface area contributed by atoms with Crippen LogP contribution >= 0.6 is 11.3 Å². The Labute approximate surface area is 120 Å². The summed E-state index contributed by atoms with van der Waals surface area (Å²) in [6.45, 7) is 1.31. The Balaban J connectivity index is 1.66. The van der Waals surface area contributed by atoms with Gasteiger partial charge in [-0.3, -0.25) is 4.79 Å². The number of thiophene rings is 1. The van der Waals surface area contributed by atoms with Crippen LogP contribution in [0.25, 0.3) is 0 Å². The zero-order chi connectivity index (χ0) is 13.8. The second-order valence-corrected chi connectivity index (χ2v) is 5.37. The lowest BCUT2D eigenvalue weighted by Crippen LogP contribution is -2.17. The summed E-state index contributed by atoms with van der Waals surface area (Å²) in [5, 5.41) is 4.70. The molecule has 0 aromatic carbocycles. The first-order valence-electron chi connectivity index (χ1n) is 6.36. The van der Waals surface area contributed by atoms with Gasteiger partial charge in [-0.05, 0) is 17.5 Å². The van der Waals surface area contributed by atoms with E-state index in [4.69, 9.17) is 9.47 Å². The standard InChI is InChI=1S/C14H14N2O3S/c17-14(12-2-1-7-20-12)16-10-3-5-15-13(8-10)19-11-4-6-18-9-11/h1-3,5,7-8,11H,4,6,9H2,(H,15,16,17)/t11-/m1/s1. The SMILES string of the molecule is O=C(Nc1ccnc(O[C@@H]2CCOC2)c1)c1cccs1. The summed E-state index contributed by atoms with van der Waals surface area (Å²) in [5.74, 6) is 0.380. The van der Waals surface area contributed by atoms with Crippen LogP contribution in [-0.2, 0) is 4.74 Å². The Kier molecular flexibility index (Phi) is 3.94. The molecule has 2 aromatic heterocycles. The molecule has 0 radical (unpaired) electrons. The van der Waals surface area contributed by atoms with E-state index < -0.39 is 0 Å². The van der Waals surface area contributed by atoms with Gasteiger partial charge in [0.05, 0.1) is 18.1 Å². The van der Waals surface area contributed by atoms with Crippen LogP contribution in [0.15, 0.2) is 35.8 Å². The normalized spacial score (nSPS) is 17.9. The fraction of sp³-hybridized carbons (Fsp3) is 0.286. The van der Waals surface area contributed by atoms with Gasteiger partial charge in [-0.2, -0.15) is 0 Å². The van der Waals surface area contributed by atoms with Gasteiger partial charge in [0.1, 0.15) is 6.10 Å². The lowest BCUT2D eigenvalue weighted by molar-refractivity contribution is 0.103. The minimum atomic E-state index is -0.124. The third kappa shape index (κ3) is 3.15. The van der Waals surface area contributed by atoms with E-state index in [2.05, 4.69) is 10.3 Å². The van der Waals surface area contributed by atoms with Gasteiger partial charge in [0.15, 0.2) is 0 Å². The summed E-state index contributed by atoms with van der Waals surface area (Å²) in [5.41, 5.74) is 0.673. The van der Waals surface area contributed by atoms with Crippen LogP contribution in [-0.4, -0.2) is 30.2 Å². The van der Waals surface area contributed by atoms with Crippen molar-refractivity contribution in [2.45, 2.75) is 12.5 Å². The van der Waals surface area contributed by atoms with Crippen molar-refractivity contribution >= 4 is 22.9 Å². The van der Waals surface area contributed by atoms with Crippen LogP contribution in [0.5, 0.6) is 5.88 Å². The highest BCUT2D eigenvalue weighted by atomic mass is 32.1. The zero-order valence-electron chi connectivity index (χ0n) is 10.7. The first-order chi connectivity index (χ1) is 9.81. The van der Waals surface area contributed by atoms with Crippen molar-refractivity contribution in [3.8, 4) is 5.88 Å². The molecule has 1 amide bonds. The average molecular weight is 290 g/mol. The molecule has 1 aliphatic heterocycles. The molecule has 3 heterocycles. The number of aromatic nitrogens is 1. The van der Waals surface area contributed by atoms with Gasteiger partial charge in [0.2, 0.25) is 5.88 Å². The molecular formula is C14H14N2O3S. The highest BCUT2D eigenvalue weighted by Gasteiger charge is 2.18. The van der Waals surface area contributed by atoms with Crippen LogP contribution in [0.2, 0.25) is 0 Å². The molecule has 1 N–H and O–H groups in total. The number of nitrogens with one attached hydrogen (secondary N) is 1. The molecule has 1 saturated heterocycles. The number of pyridine rings is 1. The number of carbonyl (C=O) groups excluding carboxylic acids is 1. The van der Waals surface area contributed by atoms with Crippen molar-refractivity contribution in [3.05, 3.63) is 40.7 Å². The van der Waals surface area contributed by atoms with E-state index in [1.54, 1.807) is 24.4 Å².